The lowest BCUT2D eigenvalue weighted by molar-refractivity contribution is -0.122. The highest BCUT2D eigenvalue weighted by molar-refractivity contribution is 7.14. The molecule has 1 heterocycles. The molecule has 4 aromatic rings. The second-order valence-electron chi connectivity index (χ2n) is 6.16. The number of fused-ring (bicyclic) bond motifs is 1. The monoisotopic (exact) mass is 374 g/mol. The highest BCUT2D eigenvalue weighted by atomic mass is 32.1. The number of para-hydroxylation sites is 1. The molecule has 0 saturated heterocycles. The van der Waals surface area contributed by atoms with Crippen molar-refractivity contribution in [2.75, 3.05) is 5.32 Å². The van der Waals surface area contributed by atoms with Crippen LogP contribution in [0.4, 0.5) is 5.13 Å². The summed E-state index contributed by atoms with van der Waals surface area (Å²) < 4.78 is 5.65. The molecule has 0 aliphatic heterocycles. The van der Waals surface area contributed by atoms with Crippen molar-refractivity contribution in [2.45, 2.75) is 13.0 Å². The lowest BCUT2D eigenvalue weighted by Gasteiger charge is -2.13. The van der Waals surface area contributed by atoms with Crippen molar-refractivity contribution < 1.29 is 9.53 Å². The normalized spacial score (nSPS) is 11.9. The van der Waals surface area contributed by atoms with Gasteiger partial charge in [-0.1, -0.05) is 54.6 Å². The minimum absolute atomic E-state index is 0.224. The molecule has 0 saturated carbocycles. The quantitative estimate of drug-likeness (QED) is 0.511. The van der Waals surface area contributed by atoms with Crippen LogP contribution in [0.2, 0.25) is 0 Å². The number of hydrogen-bond acceptors (Lipinski definition) is 4. The molecule has 0 aliphatic carbocycles. The number of hydrogen-bond donors (Lipinski definition) is 1. The number of nitrogens with zero attached hydrogens (tertiary/aromatic N) is 1. The zero-order chi connectivity index (χ0) is 18.6. The second-order valence-corrected chi connectivity index (χ2v) is 7.02. The van der Waals surface area contributed by atoms with E-state index in [1.807, 2.05) is 53.9 Å². The molecule has 27 heavy (non-hydrogen) atoms. The Bertz CT molecular complexity index is 1080. The molecular weight excluding hydrogens is 356 g/mol. The van der Waals surface area contributed by atoms with Crippen molar-refractivity contribution in [1.82, 2.24) is 4.98 Å². The first kappa shape index (κ1) is 17.2. The molecule has 3 aromatic carbocycles. The van der Waals surface area contributed by atoms with E-state index in [1.54, 1.807) is 6.92 Å². The van der Waals surface area contributed by atoms with E-state index in [9.17, 15) is 4.79 Å². The molecule has 0 spiro atoms. The third-order valence-corrected chi connectivity index (χ3v) is 4.96. The van der Waals surface area contributed by atoms with Crippen LogP contribution >= 0.6 is 11.3 Å². The summed E-state index contributed by atoms with van der Waals surface area (Å²) in [6, 6.07) is 23.7. The first-order valence-corrected chi connectivity index (χ1v) is 9.54. The van der Waals surface area contributed by atoms with Crippen LogP contribution in [0.3, 0.4) is 0 Å². The predicted molar refractivity (Wildman–Crippen MR) is 110 cm³/mol. The molecule has 4 nitrogen and oxygen atoms in total. The van der Waals surface area contributed by atoms with E-state index in [0.29, 0.717) is 10.9 Å². The summed E-state index contributed by atoms with van der Waals surface area (Å²) in [4.78, 5) is 16.9. The number of anilines is 1. The van der Waals surface area contributed by atoms with Gasteiger partial charge in [-0.3, -0.25) is 10.1 Å². The average molecular weight is 374 g/mol. The Kier molecular flexibility index (Phi) is 4.85. The highest BCUT2D eigenvalue weighted by Crippen LogP contribution is 2.28. The van der Waals surface area contributed by atoms with E-state index in [1.165, 1.54) is 22.1 Å². The smallest absolute Gasteiger partial charge is 0.266 e. The predicted octanol–water partition coefficient (Wildman–Crippen LogP) is 5.37. The van der Waals surface area contributed by atoms with Gasteiger partial charge in [0, 0.05) is 10.9 Å². The molecule has 5 heteroatoms. The fourth-order valence-corrected chi connectivity index (χ4v) is 3.50. The third kappa shape index (κ3) is 3.99. The number of carbonyl (C=O) groups is 1. The summed E-state index contributed by atoms with van der Waals surface area (Å²) in [6.45, 7) is 1.72. The Balaban J connectivity index is 1.46. The number of rotatable bonds is 5. The maximum Gasteiger partial charge on any atom is 0.266 e. The molecule has 1 unspecified atom stereocenters. The molecule has 1 N–H and O–H groups in total. The zero-order valence-corrected chi connectivity index (χ0v) is 15.6. The summed E-state index contributed by atoms with van der Waals surface area (Å²) in [5.74, 6) is 0.439. The van der Waals surface area contributed by atoms with Gasteiger partial charge in [0.25, 0.3) is 5.91 Å². The fraction of sp³-hybridized carbons (Fsp3) is 0.0909. The van der Waals surface area contributed by atoms with Crippen LogP contribution in [-0.4, -0.2) is 17.0 Å². The van der Waals surface area contributed by atoms with Gasteiger partial charge < -0.3 is 4.74 Å². The van der Waals surface area contributed by atoms with Crippen LogP contribution in [0.1, 0.15) is 6.92 Å². The van der Waals surface area contributed by atoms with Crippen molar-refractivity contribution in [1.29, 1.82) is 0 Å². The van der Waals surface area contributed by atoms with Gasteiger partial charge in [-0.25, -0.2) is 4.98 Å². The maximum absolute atomic E-state index is 12.4. The Hall–Kier alpha value is -3.18. The van der Waals surface area contributed by atoms with Gasteiger partial charge in [0.1, 0.15) is 5.75 Å². The van der Waals surface area contributed by atoms with Gasteiger partial charge in [0.2, 0.25) is 0 Å². The molecule has 1 aromatic heterocycles. The van der Waals surface area contributed by atoms with E-state index in [-0.39, 0.29) is 5.91 Å². The number of amides is 1. The van der Waals surface area contributed by atoms with Crippen LogP contribution in [-0.2, 0) is 4.79 Å². The minimum Gasteiger partial charge on any atom is -0.481 e. The van der Waals surface area contributed by atoms with Crippen LogP contribution in [0.5, 0.6) is 5.75 Å². The van der Waals surface area contributed by atoms with E-state index in [2.05, 4.69) is 34.6 Å². The van der Waals surface area contributed by atoms with Gasteiger partial charge in [-0.2, -0.15) is 0 Å². The number of ether oxygens (including phenoxy) is 1. The van der Waals surface area contributed by atoms with Gasteiger partial charge in [0.05, 0.1) is 5.69 Å². The SMILES string of the molecule is CC(Oc1ccccc1)C(=O)Nc1nc(-c2ccc3ccccc3c2)cs1. The zero-order valence-electron chi connectivity index (χ0n) is 14.8. The summed E-state index contributed by atoms with van der Waals surface area (Å²) in [7, 11) is 0. The molecular formula is C22H18N2O2S. The average Bonchev–Trinajstić information content (AvgIpc) is 3.17. The maximum atomic E-state index is 12.4. The van der Waals surface area contributed by atoms with E-state index >= 15 is 0 Å². The van der Waals surface area contributed by atoms with Gasteiger partial charge in [-0.05, 0) is 35.9 Å². The Morgan fingerprint density at radius 1 is 1.00 bits per heavy atom. The summed E-state index contributed by atoms with van der Waals surface area (Å²) >= 11 is 1.40. The molecule has 134 valence electrons. The second kappa shape index (κ2) is 7.60. The number of aromatic nitrogens is 1. The lowest BCUT2D eigenvalue weighted by Crippen LogP contribution is -2.30. The van der Waals surface area contributed by atoms with Crippen LogP contribution in [0.25, 0.3) is 22.0 Å². The first-order chi connectivity index (χ1) is 13.2. The van der Waals surface area contributed by atoms with Gasteiger partial charge in [-0.15, -0.1) is 11.3 Å². The lowest BCUT2D eigenvalue weighted by atomic mass is 10.1. The van der Waals surface area contributed by atoms with E-state index in [4.69, 9.17) is 4.74 Å². The summed E-state index contributed by atoms with van der Waals surface area (Å²) in [5, 5.41) is 7.70. The molecule has 0 bridgehead atoms. The van der Waals surface area contributed by atoms with E-state index in [0.717, 1.165) is 11.3 Å². The molecule has 0 radical (unpaired) electrons. The Morgan fingerprint density at radius 3 is 2.56 bits per heavy atom. The van der Waals surface area contributed by atoms with Crippen molar-refractivity contribution in [3.8, 4) is 17.0 Å². The Morgan fingerprint density at radius 2 is 1.74 bits per heavy atom. The number of benzene rings is 3. The van der Waals surface area contributed by atoms with Crippen molar-refractivity contribution >= 4 is 33.1 Å². The van der Waals surface area contributed by atoms with Crippen molar-refractivity contribution in [3.63, 3.8) is 0 Å². The molecule has 1 amide bonds. The van der Waals surface area contributed by atoms with Gasteiger partial charge in [0.15, 0.2) is 11.2 Å². The highest BCUT2D eigenvalue weighted by Gasteiger charge is 2.16. The number of nitrogens with one attached hydrogen (secondary N) is 1. The third-order valence-electron chi connectivity index (χ3n) is 4.20. The standard InChI is InChI=1S/C22H18N2O2S/c1-15(26-19-9-3-2-4-10-19)21(25)24-22-23-20(14-27-22)18-12-11-16-7-5-6-8-17(16)13-18/h2-15H,1H3,(H,23,24,25). The summed E-state index contributed by atoms with van der Waals surface area (Å²) in [6.07, 6.45) is -0.611. The minimum atomic E-state index is -0.611. The molecule has 0 aliphatic rings. The van der Waals surface area contributed by atoms with Crippen LogP contribution in [0.15, 0.2) is 78.2 Å². The van der Waals surface area contributed by atoms with Crippen molar-refractivity contribution in [3.05, 3.63) is 78.2 Å². The fourth-order valence-electron chi connectivity index (χ4n) is 2.78. The van der Waals surface area contributed by atoms with Crippen LogP contribution < -0.4 is 10.1 Å². The first-order valence-electron chi connectivity index (χ1n) is 8.66. The largest absolute Gasteiger partial charge is 0.481 e. The van der Waals surface area contributed by atoms with Crippen LogP contribution in [0, 0.1) is 0 Å². The molecule has 1 atom stereocenters. The molecule has 4 rings (SSSR count). The topological polar surface area (TPSA) is 51.2 Å². The molecule has 0 fully saturated rings. The summed E-state index contributed by atoms with van der Waals surface area (Å²) in [5.41, 5.74) is 1.87. The van der Waals surface area contributed by atoms with E-state index < -0.39 is 6.10 Å². The van der Waals surface area contributed by atoms with Gasteiger partial charge >= 0.3 is 0 Å². The number of thiazole rings is 1. The van der Waals surface area contributed by atoms with Crippen molar-refractivity contribution in [2.24, 2.45) is 0 Å². The number of carbonyl (C=O) groups excluding carboxylic acids is 1. The Labute approximate surface area is 161 Å².